The van der Waals surface area contributed by atoms with E-state index in [1.165, 1.54) is 0 Å². The highest BCUT2D eigenvalue weighted by molar-refractivity contribution is 5.95. The summed E-state index contributed by atoms with van der Waals surface area (Å²) in [5.74, 6) is -7.53. The lowest BCUT2D eigenvalue weighted by molar-refractivity contribution is -0.119. The van der Waals surface area contributed by atoms with Crippen LogP contribution in [0.25, 0.3) is 0 Å². The molecule has 0 aromatic carbocycles. The summed E-state index contributed by atoms with van der Waals surface area (Å²) in [4.78, 5) is 12.0. The van der Waals surface area contributed by atoms with E-state index in [0.717, 1.165) is 19.3 Å². The highest BCUT2D eigenvalue weighted by Crippen LogP contribution is 2.51. The largest absolute Gasteiger partial charge is 0.310 e. The van der Waals surface area contributed by atoms with E-state index in [4.69, 9.17) is 0 Å². The molecule has 8 heteroatoms. The quantitative estimate of drug-likeness (QED) is 0.838. The second-order valence-corrected chi connectivity index (χ2v) is 7.36. The van der Waals surface area contributed by atoms with Crippen molar-refractivity contribution in [2.75, 3.05) is 5.32 Å². The second kappa shape index (κ2) is 4.95. The molecular weight excluding hydrogens is 326 g/mol. The van der Waals surface area contributed by atoms with Gasteiger partial charge in [0, 0.05) is 30.7 Å². The van der Waals surface area contributed by atoms with E-state index in [1.807, 2.05) is 0 Å². The Hall–Kier alpha value is -1.60. The van der Waals surface area contributed by atoms with Gasteiger partial charge in [0.2, 0.25) is 11.8 Å². The average Bonchev–Trinajstić information content (AvgIpc) is 2.93. The lowest BCUT2D eigenvalue weighted by atomic mass is 9.78. The van der Waals surface area contributed by atoms with Crippen LogP contribution in [0.2, 0.25) is 0 Å². The Morgan fingerprint density at radius 1 is 1.21 bits per heavy atom. The van der Waals surface area contributed by atoms with Gasteiger partial charge in [-0.05, 0) is 26.2 Å². The Bertz CT molecular complexity index is 688. The highest BCUT2D eigenvalue weighted by atomic mass is 19.3. The third-order valence-electron chi connectivity index (χ3n) is 5.47. The molecule has 0 bridgehead atoms. The molecule has 1 atom stereocenters. The minimum atomic E-state index is -2.93. The Balaban J connectivity index is 1.59. The molecule has 1 aromatic rings. The fraction of sp³-hybridized carbons (Fsp3) is 0.750. The number of alkyl halides is 4. The van der Waals surface area contributed by atoms with Crippen LogP contribution >= 0.6 is 0 Å². The standard InChI is InChI=1S/C16H19F4N3O/c1-8-12(9-5-15(17,18)6-9)22-23(10-3-2-4-10)13(8)21-14(24)11-7-16(11,19)20/h9-11H,2-7H2,1H3,(H,21,24)/t11-/m0/s1. The van der Waals surface area contributed by atoms with Gasteiger partial charge in [-0.15, -0.1) is 0 Å². The van der Waals surface area contributed by atoms with Crippen molar-refractivity contribution >= 4 is 11.7 Å². The van der Waals surface area contributed by atoms with E-state index in [0.29, 0.717) is 17.1 Å². The van der Waals surface area contributed by atoms with Crippen LogP contribution in [-0.4, -0.2) is 27.5 Å². The van der Waals surface area contributed by atoms with Crippen LogP contribution < -0.4 is 5.32 Å². The van der Waals surface area contributed by atoms with Crippen LogP contribution in [0.1, 0.15) is 61.7 Å². The van der Waals surface area contributed by atoms with Crippen molar-refractivity contribution in [1.29, 1.82) is 0 Å². The van der Waals surface area contributed by atoms with Gasteiger partial charge in [-0.2, -0.15) is 5.10 Å². The number of aromatic nitrogens is 2. The molecule has 0 spiro atoms. The summed E-state index contributed by atoms with van der Waals surface area (Å²) in [7, 11) is 0. The van der Waals surface area contributed by atoms with Gasteiger partial charge >= 0.3 is 0 Å². The van der Waals surface area contributed by atoms with Crippen molar-refractivity contribution < 1.29 is 22.4 Å². The summed E-state index contributed by atoms with van der Waals surface area (Å²) >= 11 is 0. The van der Waals surface area contributed by atoms with E-state index >= 15 is 0 Å². The topological polar surface area (TPSA) is 46.9 Å². The number of hydrogen-bond acceptors (Lipinski definition) is 2. The maximum Gasteiger partial charge on any atom is 0.260 e. The molecule has 4 nitrogen and oxygen atoms in total. The van der Waals surface area contributed by atoms with Crippen LogP contribution in [0, 0.1) is 12.8 Å². The first-order valence-electron chi connectivity index (χ1n) is 8.33. The van der Waals surface area contributed by atoms with Crippen molar-refractivity contribution in [1.82, 2.24) is 9.78 Å². The fourth-order valence-corrected chi connectivity index (χ4v) is 3.52. The van der Waals surface area contributed by atoms with Crippen molar-refractivity contribution in [3.63, 3.8) is 0 Å². The summed E-state index contributed by atoms with van der Waals surface area (Å²) in [5, 5.41) is 7.05. The Morgan fingerprint density at radius 3 is 2.29 bits per heavy atom. The monoisotopic (exact) mass is 345 g/mol. The molecule has 4 rings (SSSR count). The van der Waals surface area contributed by atoms with Gasteiger partial charge in [-0.25, -0.2) is 22.2 Å². The smallest absolute Gasteiger partial charge is 0.260 e. The van der Waals surface area contributed by atoms with Crippen LogP contribution in [0.5, 0.6) is 0 Å². The number of rotatable bonds is 4. The maximum absolute atomic E-state index is 13.2. The first kappa shape index (κ1) is 15.9. The van der Waals surface area contributed by atoms with E-state index in [9.17, 15) is 22.4 Å². The predicted octanol–water partition coefficient (Wildman–Crippen LogP) is 4.02. The first-order valence-corrected chi connectivity index (χ1v) is 8.33. The van der Waals surface area contributed by atoms with Crippen molar-refractivity contribution in [3.8, 4) is 0 Å². The van der Waals surface area contributed by atoms with Crippen molar-refractivity contribution in [2.45, 2.75) is 69.3 Å². The normalized spacial score (nSPS) is 28.1. The molecule has 132 valence electrons. The number of amides is 1. The molecule has 0 saturated heterocycles. The molecule has 0 aliphatic heterocycles. The Kier molecular flexibility index (Phi) is 3.28. The highest BCUT2D eigenvalue weighted by Gasteiger charge is 2.61. The summed E-state index contributed by atoms with van der Waals surface area (Å²) < 4.78 is 54.2. The number of carbonyl (C=O) groups is 1. The summed E-state index contributed by atoms with van der Waals surface area (Å²) in [6.07, 6.45) is 1.90. The zero-order valence-electron chi connectivity index (χ0n) is 13.3. The number of anilines is 1. The second-order valence-electron chi connectivity index (χ2n) is 7.36. The van der Waals surface area contributed by atoms with Gasteiger partial charge in [0.25, 0.3) is 5.92 Å². The molecule has 1 aromatic heterocycles. The molecule has 3 aliphatic carbocycles. The Labute approximate surface area is 136 Å². The molecule has 3 saturated carbocycles. The number of hydrogen-bond donors (Lipinski definition) is 1. The lowest BCUT2D eigenvalue weighted by Crippen LogP contribution is -2.34. The number of halogens is 4. The van der Waals surface area contributed by atoms with Gasteiger partial charge in [0.1, 0.15) is 11.7 Å². The minimum Gasteiger partial charge on any atom is -0.310 e. The molecule has 1 heterocycles. The SMILES string of the molecule is Cc1c(C2CC(F)(F)C2)nn(C2CCC2)c1NC(=O)[C@@H]1CC1(F)F. The first-order chi connectivity index (χ1) is 11.2. The maximum atomic E-state index is 13.2. The molecule has 0 radical (unpaired) electrons. The Morgan fingerprint density at radius 2 is 1.83 bits per heavy atom. The number of carbonyl (C=O) groups excluding carboxylic acids is 1. The molecule has 1 amide bonds. The molecule has 3 aliphatic rings. The summed E-state index contributed by atoms with van der Waals surface area (Å²) in [5.41, 5.74) is 1.19. The number of nitrogens with zero attached hydrogens (tertiary/aromatic N) is 2. The molecule has 3 fully saturated rings. The van der Waals surface area contributed by atoms with Gasteiger partial charge in [-0.3, -0.25) is 4.79 Å². The fourth-order valence-electron chi connectivity index (χ4n) is 3.52. The van der Waals surface area contributed by atoms with E-state index in [-0.39, 0.29) is 24.8 Å². The van der Waals surface area contributed by atoms with Crippen molar-refractivity contribution in [3.05, 3.63) is 11.3 Å². The van der Waals surface area contributed by atoms with Crippen LogP contribution in [-0.2, 0) is 4.79 Å². The van der Waals surface area contributed by atoms with Crippen LogP contribution in [0.3, 0.4) is 0 Å². The average molecular weight is 345 g/mol. The van der Waals surface area contributed by atoms with Crippen molar-refractivity contribution in [2.24, 2.45) is 5.92 Å². The summed E-state index contributed by atoms with van der Waals surface area (Å²) in [6.45, 7) is 1.72. The van der Waals surface area contributed by atoms with Crippen LogP contribution in [0.15, 0.2) is 0 Å². The van der Waals surface area contributed by atoms with Gasteiger partial charge in [0.05, 0.1) is 11.7 Å². The molecule has 0 unspecified atom stereocenters. The zero-order chi connectivity index (χ0) is 17.3. The third-order valence-corrected chi connectivity index (χ3v) is 5.47. The third kappa shape index (κ3) is 2.50. The van der Waals surface area contributed by atoms with Gasteiger partial charge in [0.15, 0.2) is 0 Å². The zero-order valence-corrected chi connectivity index (χ0v) is 13.3. The predicted molar refractivity (Wildman–Crippen MR) is 78.5 cm³/mol. The molecule has 24 heavy (non-hydrogen) atoms. The van der Waals surface area contributed by atoms with Gasteiger partial charge in [-0.1, -0.05) is 0 Å². The van der Waals surface area contributed by atoms with E-state index in [2.05, 4.69) is 10.4 Å². The minimum absolute atomic E-state index is 0.105. The lowest BCUT2D eigenvalue weighted by Gasteiger charge is -2.34. The summed E-state index contributed by atoms with van der Waals surface area (Å²) in [6, 6.07) is 0.105. The molecule has 1 N–H and O–H groups in total. The van der Waals surface area contributed by atoms with Crippen LogP contribution in [0.4, 0.5) is 23.4 Å². The van der Waals surface area contributed by atoms with E-state index in [1.54, 1.807) is 11.6 Å². The number of nitrogens with one attached hydrogen (secondary N) is 1. The molecular formula is C16H19F4N3O. The van der Waals surface area contributed by atoms with E-state index < -0.39 is 30.1 Å². The van der Waals surface area contributed by atoms with Gasteiger partial charge < -0.3 is 5.32 Å².